The van der Waals surface area contributed by atoms with Crippen molar-refractivity contribution in [2.45, 2.75) is 26.8 Å². The molecule has 0 radical (unpaired) electrons. The molecule has 0 bridgehead atoms. The van der Waals surface area contributed by atoms with Crippen molar-refractivity contribution < 1.29 is 9.59 Å². The van der Waals surface area contributed by atoms with Crippen molar-refractivity contribution in [3.63, 3.8) is 0 Å². The summed E-state index contributed by atoms with van der Waals surface area (Å²) in [6.07, 6.45) is 5.48. The van der Waals surface area contributed by atoms with Gasteiger partial charge in [0.2, 0.25) is 0 Å². The van der Waals surface area contributed by atoms with Crippen LogP contribution in [0.2, 0.25) is 0 Å². The lowest BCUT2D eigenvalue weighted by atomic mass is 10.1. The molecule has 0 saturated carbocycles. The number of hydrogen-bond donors (Lipinski definition) is 3. The second-order valence-corrected chi connectivity index (χ2v) is 6.69. The van der Waals surface area contributed by atoms with Gasteiger partial charge in [-0.15, -0.1) is 0 Å². The predicted molar refractivity (Wildman–Crippen MR) is 106 cm³/mol. The molecule has 0 saturated heterocycles. The maximum Gasteiger partial charge on any atom is 0.314 e. The number of nitrogens with zero attached hydrogens (tertiary/aromatic N) is 4. The Kier molecular flexibility index (Phi) is 5.83. The van der Waals surface area contributed by atoms with E-state index in [4.69, 9.17) is 5.73 Å². The van der Waals surface area contributed by atoms with E-state index in [1.165, 1.54) is 17.3 Å². The fraction of sp³-hybridized carbons (Fsp3) is 0.316. The molecule has 1 unspecified atom stereocenters. The highest BCUT2D eigenvalue weighted by Gasteiger charge is 2.25. The van der Waals surface area contributed by atoms with Crippen molar-refractivity contribution in [1.82, 2.24) is 25.1 Å². The first-order valence-electron chi connectivity index (χ1n) is 9.07. The van der Waals surface area contributed by atoms with Gasteiger partial charge >= 0.3 is 11.8 Å². The Bertz CT molecular complexity index is 971. The van der Waals surface area contributed by atoms with Crippen LogP contribution in [0, 0.1) is 5.92 Å². The van der Waals surface area contributed by atoms with Crippen LogP contribution in [-0.2, 0) is 16.1 Å². The maximum atomic E-state index is 12.9. The molecule has 3 rings (SSSR count). The molecule has 0 aromatic carbocycles. The van der Waals surface area contributed by atoms with Crippen molar-refractivity contribution in [1.29, 1.82) is 0 Å². The monoisotopic (exact) mass is 381 g/mol. The number of rotatable bonds is 6. The first-order chi connectivity index (χ1) is 13.5. The molecule has 1 atom stereocenters. The number of amides is 2. The average molecular weight is 381 g/mol. The number of fused-ring (bicyclic) bond motifs is 1. The SMILES string of the molecule is CCC(C)CN(Cc1ccccn1)C(=O)C(=O)Nc1cnc(N)c2cn[nH]c12. The number of nitrogens with one attached hydrogen (secondary N) is 2. The molecule has 9 nitrogen and oxygen atoms in total. The molecule has 2 amide bonds. The lowest BCUT2D eigenvalue weighted by molar-refractivity contribution is -0.144. The summed E-state index contributed by atoms with van der Waals surface area (Å²) in [5.41, 5.74) is 7.39. The average Bonchev–Trinajstić information content (AvgIpc) is 3.20. The number of anilines is 2. The second kappa shape index (κ2) is 8.47. The van der Waals surface area contributed by atoms with Crippen LogP contribution in [0.15, 0.2) is 36.8 Å². The van der Waals surface area contributed by atoms with E-state index in [9.17, 15) is 9.59 Å². The summed E-state index contributed by atoms with van der Waals surface area (Å²) in [4.78, 5) is 35.3. The summed E-state index contributed by atoms with van der Waals surface area (Å²) >= 11 is 0. The van der Waals surface area contributed by atoms with Crippen LogP contribution in [0.5, 0.6) is 0 Å². The van der Waals surface area contributed by atoms with Gasteiger partial charge in [-0.1, -0.05) is 26.3 Å². The number of carbonyl (C=O) groups is 2. The molecule has 9 heteroatoms. The molecule has 0 aliphatic carbocycles. The van der Waals surface area contributed by atoms with Crippen LogP contribution in [0.3, 0.4) is 0 Å². The minimum absolute atomic E-state index is 0.248. The lowest BCUT2D eigenvalue weighted by Gasteiger charge is -2.24. The standard InChI is InChI=1S/C19H23N7O2/c1-3-12(2)10-26(11-13-6-4-5-7-21-13)19(28)18(27)24-15-9-22-17(20)14-8-23-25-16(14)15/h4-9,12H,3,10-11H2,1-2H3,(H2,20,22)(H,23,25)(H,24,27). The summed E-state index contributed by atoms with van der Waals surface area (Å²) in [7, 11) is 0. The molecule has 146 valence electrons. The normalized spacial score (nSPS) is 11.9. The zero-order chi connectivity index (χ0) is 20.1. The topological polar surface area (TPSA) is 130 Å². The number of carbonyl (C=O) groups excluding carboxylic acids is 2. The fourth-order valence-corrected chi connectivity index (χ4v) is 2.78. The van der Waals surface area contributed by atoms with E-state index in [1.807, 2.05) is 26.0 Å². The van der Waals surface area contributed by atoms with Gasteiger partial charge in [0.15, 0.2) is 0 Å². The van der Waals surface area contributed by atoms with Crippen LogP contribution in [0.25, 0.3) is 10.9 Å². The molecule has 3 aromatic rings. The van der Waals surface area contributed by atoms with Gasteiger partial charge in [0, 0.05) is 12.7 Å². The van der Waals surface area contributed by atoms with Gasteiger partial charge in [-0.2, -0.15) is 5.10 Å². The molecule has 0 aliphatic rings. The van der Waals surface area contributed by atoms with Crippen LogP contribution in [0.4, 0.5) is 11.5 Å². The summed E-state index contributed by atoms with van der Waals surface area (Å²) < 4.78 is 0. The van der Waals surface area contributed by atoms with E-state index in [-0.39, 0.29) is 12.5 Å². The fourth-order valence-electron chi connectivity index (χ4n) is 2.78. The van der Waals surface area contributed by atoms with Gasteiger partial charge in [-0.3, -0.25) is 19.7 Å². The van der Waals surface area contributed by atoms with Gasteiger partial charge < -0.3 is 16.0 Å². The Morgan fingerprint density at radius 2 is 2.11 bits per heavy atom. The van der Waals surface area contributed by atoms with Crippen molar-refractivity contribution in [2.75, 3.05) is 17.6 Å². The number of aromatic nitrogens is 4. The number of nitrogens with two attached hydrogens (primary N) is 1. The molecule has 4 N–H and O–H groups in total. The van der Waals surface area contributed by atoms with E-state index in [0.717, 1.165) is 12.1 Å². The third-order valence-corrected chi connectivity index (χ3v) is 4.56. The van der Waals surface area contributed by atoms with Crippen LogP contribution < -0.4 is 11.1 Å². The van der Waals surface area contributed by atoms with E-state index < -0.39 is 11.8 Å². The van der Waals surface area contributed by atoms with Gasteiger partial charge in [-0.25, -0.2) is 4.98 Å². The molecule has 3 aromatic heterocycles. The van der Waals surface area contributed by atoms with Crippen molar-refractivity contribution in [2.24, 2.45) is 5.92 Å². The number of aromatic amines is 1. The predicted octanol–water partition coefficient (Wildman–Crippen LogP) is 1.95. The Hall–Kier alpha value is -3.49. The van der Waals surface area contributed by atoms with Crippen LogP contribution in [0.1, 0.15) is 26.0 Å². The first kappa shape index (κ1) is 19.3. The molecule has 0 spiro atoms. The Morgan fingerprint density at radius 1 is 1.29 bits per heavy atom. The Balaban J connectivity index is 1.79. The van der Waals surface area contributed by atoms with Crippen LogP contribution >= 0.6 is 0 Å². The van der Waals surface area contributed by atoms with Gasteiger partial charge in [0.05, 0.1) is 41.2 Å². The lowest BCUT2D eigenvalue weighted by Crippen LogP contribution is -2.41. The highest BCUT2D eigenvalue weighted by atomic mass is 16.2. The van der Waals surface area contributed by atoms with Crippen molar-refractivity contribution in [3.8, 4) is 0 Å². The smallest absolute Gasteiger partial charge is 0.314 e. The zero-order valence-corrected chi connectivity index (χ0v) is 15.8. The van der Waals surface area contributed by atoms with E-state index in [2.05, 4.69) is 25.5 Å². The van der Waals surface area contributed by atoms with Gasteiger partial charge in [0.1, 0.15) is 5.82 Å². The number of H-pyrrole nitrogens is 1. The molecular formula is C19H23N7O2. The Morgan fingerprint density at radius 3 is 2.82 bits per heavy atom. The zero-order valence-electron chi connectivity index (χ0n) is 15.8. The van der Waals surface area contributed by atoms with E-state index in [1.54, 1.807) is 12.3 Å². The van der Waals surface area contributed by atoms with E-state index >= 15 is 0 Å². The molecule has 3 heterocycles. The largest absolute Gasteiger partial charge is 0.383 e. The number of nitrogen functional groups attached to an aromatic ring is 1. The minimum atomic E-state index is -0.748. The quantitative estimate of drug-likeness (QED) is 0.560. The van der Waals surface area contributed by atoms with Gasteiger partial charge in [0.25, 0.3) is 0 Å². The third kappa shape index (κ3) is 4.25. The van der Waals surface area contributed by atoms with Crippen molar-refractivity contribution in [3.05, 3.63) is 42.5 Å². The summed E-state index contributed by atoms with van der Waals surface area (Å²) in [5, 5.41) is 9.88. The maximum absolute atomic E-state index is 12.9. The second-order valence-electron chi connectivity index (χ2n) is 6.69. The Labute approximate surface area is 162 Å². The summed E-state index contributed by atoms with van der Waals surface area (Å²) in [5.74, 6) is -0.836. The van der Waals surface area contributed by atoms with Crippen molar-refractivity contribution >= 4 is 34.2 Å². The summed E-state index contributed by atoms with van der Waals surface area (Å²) in [6, 6.07) is 5.48. The number of pyridine rings is 2. The van der Waals surface area contributed by atoms with Crippen LogP contribution in [-0.4, -0.2) is 43.4 Å². The highest BCUT2D eigenvalue weighted by molar-refractivity contribution is 6.40. The van der Waals surface area contributed by atoms with Gasteiger partial charge in [-0.05, 0) is 18.1 Å². The number of hydrogen-bond acceptors (Lipinski definition) is 6. The highest BCUT2D eigenvalue weighted by Crippen LogP contribution is 2.24. The molecular weight excluding hydrogens is 358 g/mol. The first-order valence-corrected chi connectivity index (χ1v) is 9.07. The molecule has 0 aliphatic heterocycles. The third-order valence-electron chi connectivity index (χ3n) is 4.56. The van der Waals surface area contributed by atoms with E-state index in [0.29, 0.717) is 29.0 Å². The molecule has 0 fully saturated rings. The summed E-state index contributed by atoms with van der Waals surface area (Å²) in [6.45, 7) is 4.80. The minimum Gasteiger partial charge on any atom is -0.383 e. The molecule has 28 heavy (non-hydrogen) atoms.